The van der Waals surface area contributed by atoms with Crippen LogP contribution in [0.1, 0.15) is 12.0 Å². The number of carboxylic acids is 1. The second-order valence-electron chi connectivity index (χ2n) is 5.79. The van der Waals surface area contributed by atoms with Gasteiger partial charge in [0.15, 0.2) is 0 Å². The summed E-state index contributed by atoms with van der Waals surface area (Å²) in [5, 5.41) is 12.3. The second kappa shape index (κ2) is 5.30. The Kier molecular flexibility index (Phi) is 3.61. The number of rotatable bonds is 3. The summed E-state index contributed by atoms with van der Waals surface area (Å²) in [6.07, 6.45) is 4.70. The van der Waals surface area contributed by atoms with E-state index >= 15 is 0 Å². The molecule has 0 spiro atoms. The van der Waals surface area contributed by atoms with Gasteiger partial charge >= 0.3 is 5.97 Å². The monoisotopic (exact) mass is 349 g/mol. The molecule has 2 bridgehead atoms. The molecule has 0 heterocycles. The molecule has 21 heavy (non-hydrogen) atoms. The van der Waals surface area contributed by atoms with Gasteiger partial charge in [0, 0.05) is 10.2 Å². The summed E-state index contributed by atoms with van der Waals surface area (Å²) in [7, 11) is 0. The Morgan fingerprint density at radius 1 is 1.24 bits per heavy atom. The van der Waals surface area contributed by atoms with Crippen LogP contribution in [0.2, 0.25) is 0 Å². The topological polar surface area (TPSA) is 66.4 Å². The quantitative estimate of drug-likeness (QED) is 0.823. The van der Waals surface area contributed by atoms with Gasteiger partial charge in [-0.3, -0.25) is 9.59 Å². The summed E-state index contributed by atoms with van der Waals surface area (Å²) in [6.45, 7) is 1.91. The maximum atomic E-state index is 12.6. The number of aryl methyl sites for hydroxylation is 1. The summed E-state index contributed by atoms with van der Waals surface area (Å²) >= 11 is 3.38. The number of allylic oxidation sites excluding steroid dienone is 2. The van der Waals surface area contributed by atoms with E-state index in [-0.39, 0.29) is 17.7 Å². The van der Waals surface area contributed by atoms with Gasteiger partial charge in [-0.2, -0.15) is 0 Å². The first-order valence-electron chi connectivity index (χ1n) is 6.95. The summed E-state index contributed by atoms with van der Waals surface area (Å²) < 4.78 is 0.881. The van der Waals surface area contributed by atoms with Crippen molar-refractivity contribution in [1.82, 2.24) is 0 Å². The van der Waals surface area contributed by atoms with E-state index in [1.807, 2.05) is 37.3 Å². The first-order chi connectivity index (χ1) is 9.97. The van der Waals surface area contributed by atoms with Crippen molar-refractivity contribution in [3.8, 4) is 0 Å². The van der Waals surface area contributed by atoms with E-state index in [1.165, 1.54) is 0 Å². The molecule has 2 unspecified atom stereocenters. The first kappa shape index (κ1) is 14.3. The molecule has 0 saturated heterocycles. The predicted molar refractivity (Wildman–Crippen MR) is 82.9 cm³/mol. The van der Waals surface area contributed by atoms with Gasteiger partial charge in [-0.15, -0.1) is 0 Å². The lowest BCUT2D eigenvalue weighted by atomic mass is 9.82. The van der Waals surface area contributed by atoms with Crippen LogP contribution in [0.4, 0.5) is 5.69 Å². The van der Waals surface area contributed by atoms with Crippen LogP contribution < -0.4 is 5.32 Å². The third kappa shape index (κ3) is 2.50. The second-order valence-corrected chi connectivity index (χ2v) is 6.70. The molecule has 4 atom stereocenters. The van der Waals surface area contributed by atoms with Gasteiger partial charge in [0.05, 0.1) is 11.8 Å². The van der Waals surface area contributed by atoms with Crippen molar-refractivity contribution in [2.75, 3.05) is 5.32 Å². The number of fused-ring (bicyclic) bond motifs is 2. The maximum absolute atomic E-state index is 12.6. The van der Waals surface area contributed by atoms with E-state index in [2.05, 4.69) is 21.2 Å². The van der Waals surface area contributed by atoms with E-state index in [9.17, 15) is 14.7 Å². The molecule has 0 radical (unpaired) electrons. The fourth-order valence-electron chi connectivity index (χ4n) is 3.46. The zero-order valence-electron chi connectivity index (χ0n) is 11.5. The van der Waals surface area contributed by atoms with Crippen LogP contribution in [0.5, 0.6) is 0 Å². The molecule has 3 rings (SSSR count). The van der Waals surface area contributed by atoms with Crippen LogP contribution in [0.15, 0.2) is 34.8 Å². The Labute approximate surface area is 131 Å². The van der Waals surface area contributed by atoms with Crippen molar-refractivity contribution >= 4 is 33.5 Å². The van der Waals surface area contributed by atoms with Gasteiger partial charge in [-0.25, -0.2) is 0 Å². The van der Waals surface area contributed by atoms with Gasteiger partial charge < -0.3 is 10.4 Å². The van der Waals surface area contributed by atoms with Gasteiger partial charge in [0.2, 0.25) is 5.91 Å². The normalized spacial score (nSPS) is 29.6. The van der Waals surface area contributed by atoms with Crippen molar-refractivity contribution in [2.24, 2.45) is 23.7 Å². The first-order valence-corrected chi connectivity index (χ1v) is 7.75. The number of hydrogen-bond acceptors (Lipinski definition) is 2. The number of carbonyl (C=O) groups excluding carboxylic acids is 1. The number of carbonyl (C=O) groups is 2. The van der Waals surface area contributed by atoms with E-state index in [1.54, 1.807) is 0 Å². The largest absolute Gasteiger partial charge is 0.481 e. The minimum absolute atomic E-state index is 0.00754. The zero-order chi connectivity index (χ0) is 15.1. The number of benzene rings is 1. The number of halogens is 1. The Morgan fingerprint density at radius 3 is 2.57 bits per heavy atom. The highest BCUT2D eigenvalue weighted by Crippen LogP contribution is 2.48. The average molecular weight is 350 g/mol. The fourth-order valence-corrected chi connectivity index (χ4v) is 3.82. The molecule has 2 aliphatic rings. The van der Waals surface area contributed by atoms with Gasteiger partial charge in [0.1, 0.15) is 0 Å². The number of aliphatic carboxylic acids is 1. The van der Waals surface area contributed by atoms with E-state index in [0.717, 1.165) is 22.1 Å². The third-order valence-electron chi connectivity index (χ3n) is 4.50. The Morgan fingerprint density at radius 2 is 1.90 bits per heavy atom. The summed E-state index contributed by atoms with van der Waals surface area (Å²) in [4.78, 5) is 24.0. The number of anilines is 1. The molecule has 1 saturated carbocycles. The average Bonchev–Trinajstić information content (AvgIpc) is 3.03. The Bertz CT molecular complexity index is 640. The van der Waals surface area contributed by atoms with Crippen LogP contribution in [0.25, 0.3) is 0 Å². The highest BCUT2D eigenvalue weighted by molar-refractivity contribution is 9.10. The standard InChI is InChI=1S/C16H16BrNO3/c1-8-2-5-11(17)7-12(8)18-15(19)13-9-3-4-10(6-9)14(13)16(20)21/h2-5,7,9-10,13-14H,6H2,1H3,(H,18,19)(H,20,21)/t9?,10?,13-,14+/m0/s1. The van der Waals surface area contributed by atoms with Crippen LogP contribution in [0.3, 0.4) is 0 Å². The molecule has 2 aliphatic carbocycles. The van der Waals surface area contributed by atoms with E-state index in [4.69, 9.17) is 0 Å². The minimum Gasteiger partial charge on any atom is -0.481 e. The Hall–Kier alpha value is -1.62. The molecule has 1 aromatic carbocycles. The molecule has 4 nitrogen and oxygen atoms in total. The number of nitrogens with one attached hydrogen (secondary N) is 1. The summed E-state index contributed by atoms with van der Waals surface area (Å²) in [5.41, 5.74) is 1.68. The van der Waals surface area contributed by atoms with Crippen molar-refractivity contribution in [1.29, 1.82) is 0 Å². The molecule has 110 valence electrons. The highest BCUT2D eigenvalue weighted by Gasteiger charge is 2.51. The molecule has 1 amide bonds. The fraction of sp³-hybridized carbons (Fsp3) is 0.375. The van der Waals surface area contributed by atoms with Crippen molar-refractivity contribution in [2.45, 2.75) is 13.3 Å². The van der Waals surface area contributed by atoms with Gasteiger partial charge in [0.25, 0.3) is 0 Å². The number of carboxylic acid groups (broad SMARTS) is 1. The SMILES string of the molecule is Cc1ccc(Br)cc1NC(=O)[C@H]1C2C=CC(C2)[C@H]1C(=O)O. The number of hydrogen-bond donors (Lipinski definition) is 2. The lowest BCUT2D eigenvalue weighted by Gasteiger charge is -2.24. The minimum atomic E-state index is -0.877. The third-order valence-corrected chi connectivity index (χ3v) is 5.00. The van der Waals surface area contributed by atoms with Gasteiger partial charge in [-0.05, 0) is 42.9 Å². The smallest absolute Gasteiger partial charge is 0.307 e. The van der Waals surface area contributed by atoms with Crippen molar-refractivity contribution in [3.05, 3.63) is 40.4 Å². The lowest BCUT2D eigenvalue weighted by Crippen LogP contribution is -2.36. The number of amides is 1. The zero-order valence-corrected chi connectivity index (χ0v) is 13.1. The predicted octanol–water partition coefficient (Wildman–Crippen LogP) is 3.22. The van der Waals surface area contributed by atoms with E-state index < -0.39 is 17.8 Å². The highest BCUT2D eigenvalue weighted by atomic mass is 79.9. The van der Waals surface area contributed by atoms with Crippen LogP contribution >= 0.6 is 15.9 Å². The van der Waals surface area contributed by atoms with Crippen molar-refractivity contribution < 1.29 is 14.7 Å². The molecule has 1 fully saturated rings. The molecule has 0 aliphatic heterocycles. The molecule has 1 aromatic rings. The molecule has 5 heteroatoms. The molecule has 0 aromatic heterocycles. The summed E-state index contributed by atoms with van der Waals surface area (Å²) in [5.74, 6) is -2.11. The van der Waals surface area contributed by atoms with Crippen LogP contribution in [0, 0.1) is 30.6 Å². The molecule has 2 N–H and O–H groups in total. The molecular formula is C16H16BrNO3. The maximum Gasteiger partial charge on any atom is 0.307 e. The lowest BCUT2D eigenvalue weighted by molar-refractivity contribution is -0.146. The van der Waals surface area contributed by atoms with Gasteiger partial charge in [-0.1, -0.05) is 34.1 Å². The van der Waals surface area contributed by atoms with Crippen LogP contribution in [-0.4, -0.2) is 17.0 Å². The summed E-state index contributed by atoms with van der Waals surface area (Å²) in [6, 6.07) is 5.66. The molecular weight excluding hydrogens is 334 g/mol. The van der Waals surface area contributed by atoms with E-state index in [0.29, 0.717) is 0 Å². The van der Waals surface area contributed by atoms with Crippen LogP contribution in [-0.2, 0) is 9.59 Å². The van der Waals surface area contributed by atoms with Crippen molar-refractivity contribution in [3.63, 3.8) is 0 Å². The Balaban J connectivity index is 1.83.